The fraction of sp³-hybridized carbons (Fsp3) is 0.333. The lowest BCUT2D eigenvalue weighted by molar-refractivity contribution is -0.118. The van der Waals surface area contributed by atoms with Crippen molar-refractivity contribution >= 4 is 17.5 Å². The minimum atomic E-state index is -0.140. The molecule has 0 aliphatic rings. The number of ether oxygens (including phenoxy) is 1. The summed E-state index contributed by atoms with van der Waals surface area (Å²) in [6.45, 7) is 5.63. The Balaban J connectivity index is 2.13. The predicted molar refractivity (Wildman–Crippen MR) is 103 cm³/mol. The van der Waals surface area contributed by atoms with E-state index in [4.69, 9.17) is 4.74 Å². The molecular weight excluding hydrogens is 328 g/mol. The Morgan fingerprint density at radius 3 is 2.19 bits per heavy atom. The smallest absolute Gasteiger partial charge is 0.254 e. The largest absolute Gasteiger partial charge is 0.496 e. The van der Waals surface area contributed by atoms with Gasteiger partial charge in [-0.3, -0.25) is 9.59 Å². The number of hydrogen-bond donors (Lipinski definition) is 1. The van der Waals surface area contributed by atoms with Crippen molar-refractivity contribution in [1.82, 2.24) is 4.90 Å². The third-order valence-electron chi connectivity index (χ3n) is 4.41. The molecule has 2 aromatic rings. The first kappa shape index (κ1) is 19.5. The molecule has 138 valence electrons. The van der Waals surface area contributed by atoms with Crippen molar-refractivity contribution in [2.45, 2.75) is 26.8 Å². The van der Waals surface area contributed by atoms with Gasteiger partial charge < -0.3 is 15.0 Å². The van der Waals surface area contributed by atoms with Crippen molar-refractivity contribution in [2.24, 2.45) is 5.92 Å². The number of benzene rings is 2. The molecule has 2 rings (SSSR count). The molecule has 0 aliphatic carbocycles. The highest BCUT2D eigenvalue weighted by Crippen LogP contribution is 2.29. The predicted octanol–water partition coefficient (Wildman–Crippen LogP) is 4.12. The van der Waals surface area contributed by atoms with Gasteiger partial charge >= 0.3 is 0 Å². The van der Waals surface area contributed by atoms with Gasteiger partial charge in [-0.2, -0.15) is 0 Å². The maximum absolute atomic E-state index is 12.8. The Labute approximate surface area is 155 Å². The monoisotopic (exact) mass is 354 g/mol. The average molecular weight is 354 g/mol. The molecule has 5 heteroatoms. The van der Waals surface area contributed by atoms with Gasteiger partial charge in [0.2, 0.25) is 5.91 Å². The van der Waals surface area contributed by atoms with Crippen LogP contribution in [0, 0.1) is 5.92 Å². The fourth-order valence-corrected chi connectivity index (χ4v) is 2.58. The number of anilines is 1. The van der Waals surface area contributed by atoms with Crippen LogP contribution in [-0.4, -0.2) is 30.9 Å². The van der Waals surface area contributed by atoms with Gasteiger partial charge in [0.25, 0.3) is 5.91 Å². The molecule has 0 spiro atoms. The number of nitrogens with zero attached hydrogens (tertiary/aromatic N) is 1. The number of hydrogen-bond acceptors (Lipinski definition) is 3. The zero-order valence-electron chi connectivity index (χ0n) is 15.9. The summed E-state index contributed by atoms with van der Waals surface area (Å²) in [5, 5.41) is 2.82. The molecule has 0 aromatic heterocycles. The summed E-state index contributed by atoms with van der Waals surface area (Å²) in [6.07, 6.45) is 0. The molecule has 0 saturated heterocycles. The van der Waals surface area contributed by atoms with Crippen LogP contribution in [0.4, 0.5) is 5.69 Å². The van der Waals surface area contributed by atoms with E-state index in [0.29, 0.717) is 11.3 Å². The lowest BCUT2D eigenvalue weighted by Crippen LogP contribution is -2.29. The van der Waals surface area contributed by atoms with Crippen LogP contribution in [-0.2, 0) is 4.79 Å². The van der Waals surface area contributed by atoms with Crippen molar-refractivity contribution in [3.8, 4) is 5.75 Å². The van der Waals surface area contributed by atoms with Crippen molar-refractivity contribution in [3.63, 3.8) is 0 Å². The minimum Gasteiger partial charge on any atom is -0.496 e. The van der Waals surface area contributed by atoms with Crippen LogP contribution in [0.15, 0.2) is 48.5 Å². The lowest BCUT2D eigenvalue weighted by atomic mass is 10.0. The molecule has 0 saturated carbocycles. The third kappa shape index (κ3) is 4.42. The van der Waals surface area contributed by atoms with Crippen LogP contribution in [0.25, 0.3) is 0 Å². The van der Waals surface area contributed by atoms with E-state index in [-0.39, 0.29) is 23.8 Å². The third-order valence-corrected chi connectivity index (χ3v) is 4.41. The van der Waals surface area contributed by atoms with Gasteiger partial charge in [0.05, 0.1) is 13.2 Å². The van der Waals surface area contributed by atoms with Gasteiger partial charge in [-0.25, -0.2) is 0 Å². The Kier molecular flexibility index (Phi) is 6.39. The van der Waals surface area contributed by atoms with Gasteiger partial charge in [0.1, 0.15) is 5.75 Å². The molecule has 2 aromatic carbocycles. The first-order chi connectivity index (χ1) is 12.3. The molecule has 1 unspecified atom stereocenters. The Bertz CT molecular complexity index is 769. The van der Waals surface area contributed by atoms with Gasteiger partial charge in [0, 0.05) is 29.8 Å². The second kappa shape index (κ2) is 8.52. The highest BCUT2D eigenvalue weighted by molar-refractivity contribution is 5.96. The summed E-state index contributed by atoms with van der Waals surface area (Å²) >= 11 is 0. The summed E-state index contributed by atoms with van der Waals surface area (Å²) in [6, 6.07) is 14.5. The number of rotatable bonds is 6. The molecule has 1 atom stereocenters. The van der Waals surface area contributed by atoms with E-state index in [1.807, 2.05) is 45.0 Å². The van der Waals surface area contributed by atoms with Crippen LogP contribution in [0.5, 0.6) is 5.75 Å². The molecule has 0 heterocycles. The van der Waals surface area contributed by atoms with E-state index in [0.717, 1.165) is 11.3 Å². The number of carbonyl (C=O) groups excluding carboxylic acids is 2. The highest BCUT2D eigenvalue weighted by Gasteiger charge is 2.21. The zero-order chi connectivity index (χ0) is 19.3. The molecule has 0 aliphatic heterocycles. The standard InChI is InChI=1S/C21H26N2O3/c1-14(2)20(24)22-17-12-10-16(11-13-17)21(25)23(4)15(3)18-8-6-7-9-19(18)26-5/h6-15H,1-5H3,(H,22,24). The molecule has 0 bridgehead atoms. The van der Waals surface area contributed by atoms with Crippen LogP contribution in [0.3, 0.4) is 0 Å². The first-order valence-corrected chi connectivity index (χ1v) is 8.66. The molecule has 2 amide bonds. The van der Waals surface area contributed by atoms with E-state index in [1.165, 1.54) is 0 Å². The lowest BCUT2D eigenvalue weighted by Gasteiger charge is -2.26. The van der Waals surface area contributed by atoms with Gasteiger partial charge in [-0.15, -0.1) is 0 Å². The second-order valence-corrected chi connectivity index (χ2v) is 6.56. The van der Waals surface area contributed by atoms with Crippen LogP contribution in [0.1, 0.15) is 42.7 Å². The van der Waals surface area contributed by atoms with E-state index < -0.39 is 0 Å². The summed E-state index contributed by atoms with van der Waals surface area (Å²) in [7, 11) is 3.39. The zero-order valence-corrected chi connectivity index (χ0v) is 15.9. The van der Waals surface area contributed by atoms with E-state index >= 15 is 0 Å². The first-order valence-electron chi connectivity index (χ1n) is 8.66. The number of methoxy groups -OCH3 is 1. The molecule has 1 N–H and O–H groups in total. The van der Waals surface area contributed by atoms with Gasteiger partial charge in [-0.05, 0) is 37.3 Å². The Morgan fingerprint density at radius 2 is 1.62 bits per heavy atom. The van der Waals surface area contributed by atoms with Gasteiger partial charge in [0.15, 0.2) is 0 Å². The van der Waals surface area contributed by atoms with Gasteiger partial charge in [-0.1, -0.05) is 32.0 Å². The number of amides is 2. The molecule has 0 fully saturated rings. The normalized spacial score (nSPS) is 11.8. The summed E-state index contributed by atoms with van der Waals surface area (Å²) in [5.41, 5.74) is 2.20. The molecular formula is C21H26N2O3. The fourth-order valence-electron chi connectivity index (χ4n) is 2.58. The SMILES string of the molecule is COc1ccccc1C(C)N(C)C(=O)c1ccc(NC(=O)C(C)C)cc1. The van der Waals surface area contributed by atoms with E-state index in [2.05, 4.69) is 5.32 Å². The Hall–Kier alpha value is -2.82. The van der Waals surface area contributed by atoms with Crippen LogP contribution in [0.2, 0.25) is 0 Å². The Morgan fingerprint density at radius 1 is 1.00 bits per heavy atom. The maximum Gasteiger partial charge on any atom is 0.254 e. The molecule has 5 nitrogen and oxygen atoms in total. The average Bonchev–Trinajstić information content (AvgIpc) is 2.66. The summed E-state index contributed by atoms with van der Waals surface area (Å²) in [5.74, 6) is 0.520. The highest BCUT2D eigenvalue weighted by atomic mass is 16.5. The van der Waals surface area contributed by atoms with E-state index in [1.54, 1.807) is 43.3 Å². The molecule has 0 radical (unpaired) electrons. The quantitative estimate of drug-likeness (QED) is 0.849. The summed E-state index contributed by atoms with van der Waals surface area (Å²) < 4.78 is 5.40. The maximum atomic E-state index is 12.8. The topological polar surface area (TPSA) is 58.6 Å². The number of carbonyl (C=O) groups is 2. The molecule has 26 heavy (non-hydrogen) atoms. The van der Waals surface area contributed by atoms with Crippen molar-refractivity contribution in [2.75, 3.05) is 19.5 Å². The number of para-hydroxylation sites is 1. The van der Waals surface area contributed by atoms with E-state index in [9.17, 15) is 9.59 Å². The van der Waals surface area contributed by atoms with Crippen LogP contribution < -0.4 is 10.1 Å². The van der Waals surface area contributed by atoms with Crippen molar-refractivity contribution in [1.29, 1.82) is 0 Å². The second-order valence-electron chi connectivity index (χ2n) is 6.56. The van der Waals surface area contributed by atoms with Crippen molar-refractivity contribution in [3.05, 3.63) is 59.7 Å². The summed E-state index contributed by atoms with van der Waals surface area (Å²) in [4.78, 5) is 26.2. The minimum absolute atomic E-state index is 0.0500. The van der Waals surface area contributed by atoms with Crippen molar-refractivity contribution < 1.29 is 14.3 Å². The number of nitrogens with one attached hydrogen (secondary N) is 1. The van der Waals surface area contributed by atoms with Crippen LogP contribution >= 0.6 is 0 Å².